The zero-order valence-corrected chi connectivity index (χ0v) is 16.6. The fraction of sp³-hybridized carbons (Fsp3) is 0.273. The molecule has 2 aromatic heterocycles. The van der Waals surface area contributed by atoms with Gasteiger partial charge in [0.2, 0.25) is 5.91 Å². The summed E-state index contributed by atoms with van der Waals surface area (Å²) in [4.78, 5) is 28.8. The van der Waals surface area contributed by atoms with Crippen LogP contribution in [0.15, 0.2) is 42.5 Å². The van der Waals surface area contributed by atoms with E-state index in [1.54, 1.807) is 12.1 Å². The largest absolute Gasteiger partial charge is 0.464 e. The number of ether oxygens (including phenoxy) is 1. The molecular formula is C22H22N4O3. The Bertz CT molecular complexity index is 1100. The average molecular weight is 390 g/mol. The van der Waals surface area contributed by atoms with E-state index in [1.807, 2.05) is 42.8 Å². The van der Waals surface area contributed by atoms with Crippen LogP contribution in [0.2, 0.25) is 0 Å². The zero-order valence-electron chi connectivity index (χ0n) is 16.6. The molecule has 1 N–H and O–H groups in total. The van der Waals surface area contributed by atoms with Crippen molar-refractivity contribution in [1.82, 2.24) is 14.8 Å². The Labute approximate surface area is 168 Å². The number of carbonyl (C=O) groups is 2. The molecule has 7 nitrogen and oxygen atoms in total. The van der Waals surface area contributed by atoms with Crippen molar-refractivity contribution in [2.45, 2.75) is 32.7 Å². The van der Waals surface area contributed by atoms with Crippen molar-refractivity contribution in [3.8, 4) is 0 Å². The molecule has 7 heteroatoms. The lowest BCUT2D eigenvalue weighted by Gasteiger charge is -2.24. The van der Waals surface area contributed by atoms with Crippen LogP contribution in [0.1, 0.15) is 50.9 Å². The number of hydrogen-bond acceptors (Lipinski definition) is 5. The molecule has 1 aliphatic rings. The van der Waals surface area contributed by atoms with Crippen molar-refractivity contribution < 1.29 is 14.3 Å². The van der Waals surface area contributed by atoms with Gasteiger partial charge in [0.25, 0.3) is 0 Å². The van der Waals surface area contributed by atoms with Gasteiger partial charge < -0.3 is 10.1 Å². The highest BCUT2D eigenvalue weighted by Gasteiger charge is 2.33. The summed E-state index contributed by atoms with van der Waals surface area (Å²) in [7, 11) is 1.32. The first kappa shape index (κ1) is 18.9. The second-order valence-electron chi connectivity index (χ2n) is 7.24. The van der Waals surface area contributed by atoms with Gasteiger partial charge in [0.1, 0.15) is 11.5 Å². The first-order chi connectivity index (χ1) is 14.0. The number of carbonyl (C=O) groups excluding carboxylic acids is 2. The maximum atomic E-state index is 12.5. The second-order valence-corrected chi connectivity index (χ2v) is 7.24. The van der Waals surface area contributed by atoms with E-state index in [9.17, 15) is 9.59 Å². The summed E-state index contributed by atoms with van der Waals surface area (Å²) in [5, 5.41) is 7.66. The van der Waals surface area contributed by atoms with Gasteiger partial charge in [-0.3, -0.25) is 4.79 Å². The smallest absolute Gasteiger partial charge is 0.356 e. The molecule has 1 amide bonds. The Kier molecular flexibility index (Phi) is 4.88. The van der Waals surface area contributed by atoms with E-state index in [-0.39, 0.29) is 23.9 Å². The number of aryl methyl sites for hydroxylation is 2. The number of benzene rings is 1. The fourth-order valence-corrected chi connectivity index (χ4v) is 3.83. The molecule has 0 saturated heterocycles. The van der Waals surface area contributed by atoms with E-state index < -0.39 is 5.97 Å². The Morgan fingerprint density at radius 1 is 1.24 bits per heavy atom. The second kappa shape index (κ2) is 7.50. The predicted octanol–water partition coefficient (Wildman–Crippen LogP) is 3.20. The van der Waals surface area contributed by atoms with Crippen molar-refractivity contribution in [2.24, 2.45) is 0 Å². The van der Waals surface area contributed by atoms with Crippen molar-refractivity contribution in [3.05, 3.63) is 76.2 Å². The third-order valence-corrected chi connectivity index (χ3v) is 5.11. The predicted molar refractivity (Wildman–Crippen MR) is 108 cm³/mol. The summed E-state index contributed by atoms with van der Waals surface area (Å²) in [5.41, 5.74) is 4.93. The number of pyridine rings is 1. The van der Waals surface area contributed by atoms with Gasteiger partial charge in [-0.1, -0.05) is 35.9 Å². The molecule has 0 bridgehead atoms. The number of esters is 1. The van der Waals surface area contributed by atoms with Crippen LogP contribution in [-0.4, -0.2) is 33.8 Å². The number of aromatic nitrogens is 3. The molecule has 1 aliphatic heterocycles. The minimum absolute atomic E-state index is 0.0989. The van der Waals surface area contributed by atoms with Gasteiger partial charge in [0.15, 0.2) is 0 Å². The van der Waals surface area contributed by atoms with Crippen molar-refractivity contribution in [1.29, 1.82) is 0 Å². The average Bonchev–Trinajstić information content (AvgIpc) is 3.02. The van der Waals surface area contributed by atoms with Crippen molar-refractivity contribution in [2.75, 3.05) is 12.4 Å². The van der Waals surface area contributed by atoms with Crippen LogP contribution in [0.4, 0.5) is 5.82 Å². The molecule has 0 fully saturated rings. The van der Waals surface area contributed by atoms with Crippen LogP contribution >= 0.6 is 0 Å². The number of anilines is 1. The Balaban J connectivity index is 1.75. The van der Waals surface area contributed by atoms with Crippen LogP contribution in [0.3, 0.4) is 0 Å². The number of amides is 1. The molecule has 148 valence electrons. The highest BCUT2D eigenvalue weighted by molar-refractivity contribution is 5.94. The standard InChI is InChI=1S/C22H22N4O3/c1-13-6-4-7-15(10-13)12-26-21-20(14(2)25-26)16(11-19(27)24-21)17-8-5-9-18(23-17)22(28)29-3/h4-10,16H,11-12H2,1-3H3,(H,24,27). The molecule has 1 unspecified atom stereocenters. The van der Waals surface area contributed by atoms with Crippen LogP contribution in [0.25, 0.3) is 0 Å². The lowest BCUT2D eigenvalue weighted by molar-refractivity contribution is -0.116. The molecule has 1 atom stereocenters. The summed E-state index contributed by atoms with van der Waals surface area (Å²) >= 11 is 0. The summed E-state index contributed by atoms with van der Waals surface area (Å²) in [6.45, 7) is 4.53. The van der Waals surface area contributed by atoms with E-state index in [1.165, 1.54) is 12.7 Å². The minimum Gasteiger partial charge on any atom is -0.464 e. The summed E-state index contributed by atoms with van der Waals surface area (Å²) in [6, 6.07) is 13.4. The third-order valence-electron chi connectivity index (χ3n) is 5.11. The van der Waals surface area contributed by atoms with E-state index in [4.69, 9.17) is 4.74 Å². The van der Waals surface area contributed by atoms with Crippen LogP contribution in [-0.2, 0) is 16.1 Å². The van der Waals surface area contributed by atoms with Gasteiger partial charge in [0.05, 0.1) is 19.3 Å². The normalized spacial score (nSPS) is 15.6. The zero-order chi connectivity index (χ0) is 20.5. The van der Waals surface area contributed by atoms with Crippen LogP contribution < -0.4 is 5.32 Å². The van der Waals surface area contributed by atoms with E-state index >= 15 is 0 Å². The maximum Gasteiger partial charge on any atom is 0.356 e. The summed E-state index contributed by atoms with van der Waals surface area (Å²) in [5.74, 6) is -0.178. The number of methoxy groups -OCH3 is 1. The Hall–Kier alpha value is -3.48. The molecule has 0 aliphatic carbocycles. The number of nitrogens with zero attached hydrogens (tertiary/aromatic N) is 3. The quantitative estimate of drug-likeness (QED) is 0.692. The number of nitrogens with one attached hydrogen (secondary N) is 1. The maximum absolute atomic E-state index is 12.5. The highest BCUT2D eigenvalue weighted by Crippen LogP contribution is 2.38. The molecule has 4 rings (SSSR count). The van der Waals surface area contributed by atoms with Crippen LogP contribution in [0, 0.1) is 13.8 Å². The first-order valence-corrected chi connectivity index (χ1v) is 9.44. The van der Waals surface area contributed by atoms with Gasteiger partial charge in [-0.25, -0.2) is 14.5 Å². The van der Waals surface area contributed by atoms with Gasteiger partial charge in [-0.15, -0.1) is 0 Å². The lowest BCUT2D eigenvalue weighted by Crippen LogP contribution is -2.26. The third kappa shape index (κ3) is 3.63. The minimum atomic E-state index is -0.501. The summed E-state index contributed by atoms with van der Waals surface area (Å²) < 4.78 is 6.60. The molecular weight excluding hydrogens is 368 g/mol. The molecule has 0 saturated carbocycles. The van der Waals surface area contributed by atoms with Gasteiger partial charge in [0, 0.05) is 23.6 Å². The summed E-state index contributed by atoms with van der Waals surface area (Å²) in [6.07, 6.45) is 0.252. The monoisotopic (exact) mass is 390 g/mol. The molecule has 29 heavy (non-hydrogen) atoms. The lowest BCUT2D eigenvalue weighted by atomic mass is 9.88. The Morgan fingerprint density at radius 3 is 2.79 bits per heavy atom. The number of hydrogen-bond donors (Lipinski definition) is 1. The van der Waals surface area contributed by atoms with Gasteiger partial charge in [-0.2, -0.15) is 5.10 Å². The molecule has 3 aromatic rings. The van der Waals surface area contributed by atoms with Crippen molar-refractivity contribution in [3.63, 3.8) is 0 Å². The highest BCUT2D eigenvalue weighted by atomic mass is 16.5. The van der Waals surface area contributed by atoms with Gasteiger partial charge in [-0.05, 0) is 31.5 Å². The van der Waals surface area contributed by atoms with Gasteiger partial charge >= 0.3 is 5.97 Å². The van der Waals surface area contributed by atoms with Crippen molar-refractivity contribution >= 4 is 17.7 Å². The molecule has 1 aromatic carbocycles. The number of rotatable bonds is 4. The fourth-order valence-electron chi connectivity index (χ4n) is 3.83. The molecule has 3 heterocycles. The molecule has 0 radical (unpaired) electrons. The van der Waals surface area contributed by atoms with Crippen LogP contribution in [0.5, 0.6) is 0 Å². The first-order valence-electron chi connectivity index (χ1n) is 9.44. The van der Waals surface area contributed by atoms with E-state index in [0.717, 1.165) is 16.8 Å². The molecule has 0 spiro atoms. The van der Waals surface area contributed by atoms with E-state index in [0.29, 0.717) is 18.1 Å². The topological polar surface area (TPSA) is 86.1 Å². The number of fused-ring (bicyclic) bond motifs is 1. The SMILES string of the molecule is COC(=O)c1cccc(C2CC(=O)Nc3c2c(C)nn3Cc2cccc(C)c2)n1. The van der Waals surface area contributed by atoms with E-state index in [2.05, 4.69) is 21.5 Å². The Morgan fingerprint density at radius 2 is 2.03 bits per heavy atom.